The van der Waals surface area contributed by atoms with E-state index in [9.17, 15) is 14.3 Å². The van der Waals surface area contributed by atoms with Crippen molar-refractivity contribution >= 4 is 45.8 Å². The van der Waals surface area contributed by atoms with Gasteiger partial charge in [-0.3, -0.25) is 9.48 Å². The Hall–Kier alpha value is -1.98. The molecule has 2 saturated carbocycles. The first kappa shape index (κ1) is 22.8. The molecule has 0 bridgehead atoms. The molecule has 0 saturated heterocycles. The molecule has 2 atom stereocenters. The standard InChI is InChI=1S/C23H24ClFIN5O2/c1-30-11-27-20(21(30)22(32)28-15-3-4-17(25)16(24)7-15)12-5-13-9-23(33,10-14(13)6-12)18-8-19(26)29-31(18)2/h3-4,7-8,11-14,33H,5-6,9-10H2,1-2H3,(H,28,32). The van der Waals surface area contributed by atoms with Gasteiger partial charge in [0, 0.05) is 25.7 Å². The topological polar surface area (TPSA) is 85.0 Å². The van der Waals surface area contributed by atoms with E-state index in [4.69, 9.17) is 11.6 Å². The van der Waals surface area contributed by atoms with Gasteiger partial charge >= 0.3 is 0 Å². The van der Waals surface area contributed by atoms with Gasteiger partial charge in [-0.15, -0.1) is 0 Å². The summed E-state index contributed by atoms with van der Waals surface area (Å²) >= 11 is 8.02. The number of amides is 1. The first-order valence-electron chi connectivity index (χ1n) is 10.8. The molecule has 2 aromatic heterocycles. The van der Waals surface area contributed by atoms with Crippen molar-refractivity contribution in [2.24, 2.45) is 25.9 Å². The lowest BCUT2D eigenvalue weighted by atomic mass is 9.90. The van der Waals surface area contributed by atoms with Crippen molar-refractivity contribution in [3.63, 3.8) is 0 Å². The van der Waals surface area contributed by atoms with Crippen molar-refractivity contribution in [2.45, 2.75) is 37.2 Å². The maximum absolute atomic E-state index is 13.5. The second-order valence-corrected chi connectivity index (χ2v) is 10.8. The fraction of sp³-hybridized carbons (Fsp3) is 0.435. The number of aliphatic hydroxyl groups is 1. The van der Waals surface area contributed by atoms with Crippen LogP contribution in [0.4, 0.5) is 10.1 Å². The number of carbonyl (C=O) groups is 1. The summed E-state index contributed by atoms with van der Waals surface area (Å²) in [4.78, 5) is 17.7. The molecular weight excluding hydrogens is 560 g/mol. The number of nitrogens with one attached hydrogen (secondary N) is 1. The van der Waals surface area contributed by atoms with Crippen LogP contribution in [0.15, 0.2) is 30.6 Å². The van der Waals surface area contributed by atoms with Crippen LogP contribution in [0.3, 0.4) is 0 Å². The summed E-state index contributed by atoms with van der Waals surface area (Å²) in [5, 5.41) is 18.5. The Morgan fingerprint density at radius 2 is 1.97 bits per heavy atom. The number of nitrogens with zero attached hydrogens (tertiary/aromatic N) is 4. The highest BCUT2D eigenvalue weighted by atomic mass is 127. The molecule has 33 heavy (non-hydrogen) atoms. The lowest BCUT2D eigenvalue weighted by Gasteiger charge is -2.25. The second-order valence-electron chi connectivity index (χ2n) is 9.28. The Balaban J connectivity index is 1.33. The molecular formula is C23H24ClFIN5O2. The summed E-state index contributed by atoms with van der Waals surface area (Å²) in [6.45, 7) is 0. The van der Waals surface area contributed by atoms with Gasteiger partial charge < -0.3 is 15.0 Å². The number of carbonyl (C=O) groups excluding carboxylic acids is 1. The summed E-state index contributed by atoms with van der Waals surface area (Å²) in [5.41, 5.74) is 1.71. The normalized spacial score (nSPS) is 26.5. The van der Waals surface area contributed by atoms with E-state index >= 15 is 0 Å². The quantitative estimate of drug-likeness (QED) is 0.440. The summed E-state index contributed by atoms with van der Waals surface area (Å²) in [6, 6.07) is 6.06. The van der Waals surface area contributed by atoms with Crippen molar-refractivity contribution in [2.75, 3.05) is 5.32 Å². The summed E-state index contributed by atoms with van der Waals surface area (Å²) in [6.07, 6.45) is 4.78. The minimum atomic E-state index is -0.863. The number of hydrogen-bond acceptors (Lipinski definition) is 4. The molecule has 3 aromatic rings. The SMILES string of the molecule is Cn1cnc(C2CC3CC(O)(c4cc(I)nn4C)CC3C2)c1C(=O)Nc1ccc(F)c(Cl)c1. The molecule has 1 aromatic carbocycles. The molecule has 2 aliphatic rings. The maximum Gasteiger partial charge on any atom is 0.274 e. The second kappa shape index (κ2) is 8.35. The largest absolute Gasteiger partial charge is 0.384 e. The van der Waals surface area contributed by atoms with E-state index in [0.717, 1.165) is 27.9 Å². The number of benzene rings is 1. The summed E-state index contributed by atoms with van der Waals surface area (Å²) in [7, 11) is 3.67. The zero-order valence-electron chi connectivity index (χ0n) is 18.2. The highest BCUT2D eigenvalue weighted by molar-refractivity contribution is 14.1. The molecule has 174 valence electrons. The minimum absolute atomic E-state index is 0.0442. The van der Waals surface area contributed by atoms with Crippen LogP contribution in [0.5, 0.6) is 0 Å². The molecule has 7 nitrogen and oxygen atoms in total. The van der Waals surface area contributed by atoms with Crippen LogP contribution in [-0.4, -0.2) is 30.3 Å². The van der Waals surface area contributed by atoms with E-state index in [2.05, 4.69) is 38.0 Å². The summed E-state index contributed by atoms with van der Waals surface area (Å²) < 4.78 is 17.8. The van der Waals surface area contributed by atoms with Gasteiger partial charge in [-0.1, -0.05) is 11.6 Å². The molecule has 2 N–H and O–H groups in total. The van der Waals surface area contributed by atoms with Crippen molar-refractivity contribution in [3.8, 4) is 0 Å². The molecule has 0 spiro atoms. The van der Waals surface area contributed by atoms with Crippen LogP contribution >= 0.6 is 34.2 Å². The van der Waals surface area contributed by atoms with E-state index in [1.165, 1.54) is 18.2 Å². The van der Waals surface area contributed by atoms with Gasteiger partial charge in [-0.25, -0.2) is 9.37 Å². The third-order valence-electron chi connectivity index (χ3n) is 7.11. The molecule has 0 radical (unpaired) electrons. The highest BCUT2D eigenvalue weighted by Crippen LogP contribution is 2.56. The Morgan fingerprint density at radius 1 is 1.27 bits per heavy atom. The van der Waals surface area contributed by atoms with Crippen LogP contribution in [0.1, 0.15) is 53.5 Å². The monoisotopic (exact) mass is 583 g/mol. The van der Waals surface area contributed by atoms with Crippen LogP contribution in [-0.2, 0) is 19.7 Å². The van der Waals surface area contributed by atoms with Gasteiger partial charge in [-0.2, -0.15) is 5.10 Å². The molecule has 2 unspecified atom stereocenters. The van der Waals surface area contributed by atoms with Gasteiger partial charge in [0.15, 0.2) is 0 Å². The molecule has 1 amide bonds. The van der Waals surface area contributed by atoms with Gasteiger partial charge in [0.05, 0.1) is 22.7 Å². The van der Waals surface area contributed by atoms with Crippen LogP contribution < -0.4 is 5.32 Å². The lowest BCUT2D eigenvalue weighted by Crippen LogP contribution is -2.26. The zero-order valence-corrected chi connectivity index (χ0v) is 21.1. The third kappa shape index (κ3) is 4.08. The van der Waals surface area contributed by atoms with Crippen molar-refractivity contribution in [1.29, 1.82) is 0 Å². The molecule has 2 aliphatic carbocycles. The number of hydrogen-bond donors (Lipinski definition) is 2. The number of rotatable bonds is 4. The number of imidazole rings is 1. The fourth-order valence-electron chi connectivity index (χ4n) is 5.75. The van der Waals surface area contributed by atoms with Crippen molar-refractivity contribution < 1.29 is 14.3 Å². The maximum atomic E-state index is 13.5. The number of halogens is 3. The van der Waals surface area contributed by atoms with Crippen LogP contribution in [0.2, 0.25) is 5.02 Å². The zero-order chi connectivity index (χ0) is 23.5. The van der Waals surface area contributed by atoms with E-state index in [-0.39, 0.29) is 16.8 Å². The molecule has 2 fully saturated rings. The number of aromatic nitrogens is 4. The summed E-state index contributed by atoms with van der Waals surface area (Å²) in [5.74, 6) is 0.0395. The van der Waals surface area contributed by atoms with Gasteiger partial charge in [0.2, 0.25) is 0 Å². The number of fused-ring (bicyclic) bond motifs is 1. The van der Waals surface area contributed by atoms with Crippen LogP contribution in [0, 0.1) is 21.4 Å². The van der Waals surface area contributed by atoms with E-state index in [0.29, 0.717) is 36.1 Å². The van der Waals surface area contributed by atoms with Gasteiger partial charge in [0.25, 0.3) is 5.91 Å². The van der Waals surface area contributed by atoms with E-state index in [1.54, 1.807) is 22.6 Å². The minimum Gasteiger partial charge on any atom is -0.384 e. The first-order chi connectivity index (χ1) is 15.6. The third-order valence-corrected chi connectivity index (χ3v) is 7.93. The van der Waals surface area contributed by atoms with Gasteiger partial charge in [0.1, 0.15) is 20.8 Å². The number of anilines is 1. The Morgan fingerprint density at radius 3 is 2.58 bits per heavy atom. The highest BCUT2D eigenvalue weighted by Gasteiger charge is 2.51. The fourth-order valence-corrected chi connectivity index (χ4v) is 6.55. The average Bonchev–Trinajstić information content (AvgIpc) is 3.46. The van der Waals surface area contributed by atoms with Crippen molar-refractivity contribution in [1.82, 2.24) is 19.3 Å². The predicted octanol–water partition coefficient (Wildman–Crippen LogP) is 4.59. The molecule has 0 aliphatic heterocycles. The van der Waals surface area contributed by atoms with E-state index < -0.39 is 11.4 Å². The molecule has 2 heterocycles. The number of aryl methyl sites for hydroxylation is 2. The van der Waals surface area contributed by atoms with E-state index in [1.807, 2.05) is 13.1 Å². The Labute approximate surface area is 209 Å². The van der Waals surface area contributed by atoms with Gasteiger partial charge in [-0.05, 0) is 84.4 Å². The predicted molar refractivity (Wildman–Crippen MR) is 131 cm³/mol. The van der Waals surface area contributed by atoms with Crippen molar-refractivity contribution in [3.05, 3.63) is 62.2 Å². The lowest BCUT2D eigenvalue weighted by molar-refractivity contribution is 0.0263. The van der Waals surface area contributed by atoms with Crippen LogP contribution in [0.25, 0.3) is 0 Å². The first-order valence-corrected chi connectivity index (χ1v) is 12.3. The molecule has 5 rings (SSSR count). The smallest absolute Gasteiger partial charge is 0.274 e. The molecule has 10 heteroatoms. The Bertz CT molecular complexity index is 1230. The average molecular weight is 584 g/mol. The Kier molecular flexibility index (Phi) is 5.77.